The van der Waals surface area contributed by atoms with Crippen LogP contribution in [0.15, 0.2) is 24.3 Å². The van der Waals surface area contributed by atoms with Gasteiger partial charge < -0.3 is 5.32 Å². The average molecular weight is 429 g/mol. The van der Waals surface area contributed by atoms with Crippen molar-refractivity contribution in [3.8, 4) is 10.6 Å². The van der Waals surface area contributed by atoms with E-state index in [0.29, 0.717) is 17.5 Å². The van der Waals surface area contributed by atoms with Gasteiger partial charge in [-0.1, -0.05) is 87.1 Å². The lowest BCUT2D eigenvalue weighted by Gasteiger charge is -2.23. The van der Waals surface area contributed by atoms with Crippen LogP contribution in [0.3, 0.4) is 0 Å². The Bertz CT molecular complexity index is 843. The molecule has 0 spiro atoms. The maximum Gasteiger partial charge on any atom is 0.249 e. The number of aryl methyl sites for hydroxylation is 1. The van der Waals surface area contributed by atoms with E-state index in [9.17, 15) is 9.59 Å². The van der Waals surface area contributed by atoms with Crippen LogP contribution in [0.1, 0.15) is 64.4 Å². The summed E-state index contributed by atoms with van der Waals surface area (Å²) in [5.41, 5.74) is 2.15. The van der Waals surface area contributed by atoms with Gasteiger partial charge in [0.15, 0.2) is 0 Å². The number of nitrogens with one attached hydrogen (secondary N) is 2. The van der Waals surface area contributed by atoms with E-state index in [1.54, 1.807) is 0 Å². The van der Waals surface area contributed by atoms with Crippen molar-refractivity contribution < 1.29 is 9.59 Å². The molecule has 2 N–H and O–H groups in total. The molecule has 0 radical (unpaired) electrons. The lowest BCUT2D eigenvalue weighted by Crippen LogP contribution is -2.47. The Morgan fingerprint density at radius 1 is 1.17 bits per heavy atom. The topological polar surface area (TPSA) is 84.0 Å². The van der Waals surface area contributed by atoms with Gasteiger partial charge in [-0.3, -0.25) is 14.9 Å². The molecule has 30 heavy (non-hydrogen) atoms. The van der Waals surface area contributed by atoms with Crippen molar-refractivity contribution in [3.63, 3.8) is 0 Å². The number of rotatable bonds is 9. The van der Waals surface area contributed by atoms with Gasteiger partial charge in [0.25, 0.3) is 0 Å². The Morgan fingerprint density at radius 3 is 2.53 bits per heavy atom. The predicted octanol–water partition coefficient (Wildman–Crippen LogP) is 4.95. The van der Waals surface area contributed by atoms with Crippen molar-refractivity contribution in [2.45, 2.75) is 71.8 Å². The third kappa shape index (κ3) is 6.11. The molecule has 6 nitrogen and oxygen atoms in total. The minimum absolute atomic E-state index is 0.0323. The molecule has 2 aromatic rings. The highest BCUT2D eigenvalue weighted by Gasteiger charge is 2.27. The first kappa shape index (κ1) is 22.4. The summed E-state index contributed by atoms with van der Waals surface area (Å²) in [6.45, 7) is 6.04. The van der Waals surface area contributed by atoms with Crippen molar-refractivity contribution in [2.75, 3.05) is 5.32 Å². The molecule has 0 saturated heterocycles. The highest BCUT2D eigenvalue weighted by Crippen LogP contribution is 2.29. The molecule has 1 aliphatic rings. The van der Waals surface area contributed by atoms with Crippen LogP contribution in [0.2, 0.25) is 0 Å². The molecule has 3 rings (SSSR count). The highest BCUT2D eigenvalue weighted by molar-refractivity contribution is 7.18. The van der Waals surface area contributed by atoms with Gasteiger partial charge in [-0.2, -0.15) is 0 Å². The average Bonchev–Trinajstić information content (AvgIpc) is 3.42. The first-order valence-electron chi connectivity index (χ1n) is 11.0. The van der Waals surface area contributed by atoms with E-state index < -0.39 is 6.04 Å². The van der Waals surface area contributed by atoms with Gasteiger partial charge in [0.2, 0.25) is 16.9 Å². The zero-order valence-electron chi connectivity index (χ0n) is 18.1. The lowest BCUT2D eigenvalue weighted by atomic mass is 9.97. The molecule has 1 aromatic carbocycles. The fourth-order valence-electron chi connectivity index (χ4n) is 3.85. The Hall–Kier alpha value is -2.28. The van der Waals surface area contributed by atoms with Crippen molar-refractivity contribution in [2.24, 2.45) is 11.8 Å². The van der Waals surface area contributed by atoms with Gasteiger partial charge in [0, 0.05) is 12.0 Å². The summed E-state index contributed by atoms with van der Waals surface area (Å²) in [5, 5.41) is 15.3. The number of amides is 2. The second-order valence-electron chi connectivity index (χ2n) is 8.39. The van der Waals surface area contributed by atoms with E-state index in [-0.39, 0.29) is 17.7 Å². The molecule has 1 aliphatic carbocycles. The molecule has 0 unspecified atom stereocenters. The minimum Gasteiger partial charge on any atom is -0.344 e. The molecule has 2 amide bonds. The van der Waals surface area contributed by atoms with Crippen molar-refractivity contribution >= 4 is 28.3 Å². The van der Waals surface area contributed by atoms with Gasteiger partial charge >= 0.3 is 0 Å². The summed E-state index contributed by atoms with van der Waals surface area (Å²) in [6, 6.07) is 7.46. The Balaban J connectivity index is 1.59. The van der Waals surface area contributed by atoms with Gasteiger partial charge in [0.05, 0.1) is 0 Å². The van der Waals surface area contributed by atoms with E-state index in [2.05, 4.69) is 20.8 Å². The first-order valence-corrected chi connectivity index (χ1v) is 11.8. The number of aromatic nitrogens is 2. The van der Waals surface area contributed by atoms with Crippen molar-refractivity contribution in [1.82, 2.24) is 15.5 Å². The molecule has 1 saturated carbocycles. The van der Waals surface area contributed by atoms with Crippen molar-refractivity contribution in [1.29, 1.82) is 0 Å². The number of nitrogens with zero attached hydrogens (tertiary/aromatic N) is 2. The van der Waals surface area contributed by atoms with E-state index in [0.717, 1.165) is 23.4 Å². The smallest absolute Gasteiger partial charge is 0.249 e. The van der Waals surface area contributed by atoms with Gasteiger partial charge in [-0.15, -0.1) is 10.2 Å². The summed E-state index contributed by atoms with van der Waals surface area (Å²) in [4.78, 5) is 25.4. The van der Waals surface area contributed by atoms with Crippen LogP contribution in [-0.4, -0.2) is 28.1 Å². The van der Waals surface area contributed by atoms with E-state index >= 15 is 0 Å². The second kappa shape index (κ2) is 10.7. The number of hydrogen-bond donors (Lipinski definition) is 2. The quantitative estimate of drug-likeness (QED) is 0.592. The van der Waals surface area contributed by atoms with Crippen LogP contribution in [0.4, 0.5) is 5.13 Å². The maximum atomic E-state index is 12.9. The summed E-state index contributed by atoms with van der Waals surface area (Å²) < 4.78 is 0. The largest absolute Gasteiger partial charge is 0.344 e. The van der Waals surface area contributed by atoms with Crippen molar-refractivity contribution in [3.05, 3.63) is 29.8 Å². The fourth-order valence-corrected chi connectivity index (χ4v) is 4.60. The van der Waals surface area contributed by atoms with Crippen LogP contribution >= 0.6 is 11.3 Å². The number of carbonyl (C=O) groups is 2. The summed E-state index contributed by atoms with van der Waals surface area (Å²) in [5.74, 6) is 0.420. The molecule has 162 valence electrons. The number of hydrogen-bond acceptors (Lipinski definition) is 5. The van der Waals surface area contributed by atoms with E-state index in [1.165, 1.54) is 42.6 Å². The van der Waals surface area contributed by atoms with Crippen LogP contribution < -0.4 is 10.6 Å². The van der Waals surface area contributed by atoms with Gasteiger partial charge in [-0.25, -0.2) is 0 Å². The van der Waals surface area contributed by atoms with Crippen LogP contribution in [0, 0.1) is 18.8 Å². The summed E-state index contributed by atoms with van der Waals surface area (Å²) >= 11 is 1.34. The van der Waals surface area contributed by atoms with Crippen LogP contribution in [0.5, 0.6) is 0 Å². The number of anilines is 1. The zero-order chi connectivity index (χ0) is 21.5. The Kier molecular flexibility index (Phi) is 7.96. The highest BCUT2D eigenvalue weighted by atomic mass is 32.1. The normalized spacial score (nSPS) is 16.2. The number of benzene rings is 1. The molecule has 0 bridgehead atoms. The second-order valence-corrected chi connectivity index (χ2v) is 9.37. The molecule has 1 heterocycles. The third-order valence-electron chi connectivity index (χ3n) is 6.02. The molecule has 1 fully saturated rings. The minimum atomic E-state index is -0.571. The first-order chi connectivity index (χ1) is 14.5. The standard InChI is InChI=1S/C23H32N4O2S/c1-4-16(3)20(24-19(28)14-11-17-7-5-6-8-17)21(29)25-23-27-26-22(30-23)18-12-9-15(2)10-13-18/h9-10,12-13,16-17,20H,4-8,11,14H2,1-3H3,(H,24,28)(H,25,27,29)/t16-,20-/m0/s1. The Morgan fingerprint density at radius 2 is 1.87 bits per heavy atom. The molecule has 0 aliphatic heterocycles. The van der Waals surface area contributed by atoms with Gasteiger partial charge in [0.1, 0.15) is 11.0 Å². The third-order valence-corrected chi connectivity index (χ3v) is 6.91. The molecule has 7 heteroatoms. The SMILES string of the molecule is CC[C@H](C)[C@H](NC(=O)CCC1CCCC1)C(=O)Nc1nnc(-c2ccc(C)cc2)s1. The molecule has 1 aromatic heterocycles. The van der Waals surface area contributed by atoms with Crippen LogP contribution in [0.25, 0.3) is 10.6 Å². The summed E-state index contributed by atoms with van der Waals surface area (Å²) in [6.07, 6.45) is 7.20. The van der Waals surface area contributed by atoms with E-state index in [1.807, 2.05) is 45.0 Å². The maximum absolute atomic E-state index is 12.9. The lowest BCUT2D eigenvalue weighted by molar-refractivity contribution is -0.127. The summed E-state index contributed by atoms with van der Waals surface area (Å²) in [7, 11) is 0. The fraction of sp³-hybridized carbons (Fsp3) is 0.565. The molecular formula is C23H32N4O2S. The monoisotopic (exact) mass is 428 g/mol. The van der Waals surface area contributed by atoms with Crippen LogP contribution in [-0.2, 0) is 9.59 Å². The predicted molar refractivity (Wildman–Crippen MR) is 121 cm³/mol. The molecule has 2 atom stereocenters. The van der Waals surface area contributed by atoms with Gasteiger partial charge in [-0.05, 0) is 25.2 Å². The van der Waals surface area contributed by atoms with E-state index in [4.69, 9.17) is 0 Å². The zero-order valence-corrected chi connectivity index (χ0v) is 18.9. The number of carbonyl (C=O) groups excluding carboxylic acids is 2. The molecular weight excluding hydrogens is 396 g/mol. The Labute approximate surface area is 182 Å².